The highest BCUT2D eigenvalue weighted by Crippen LogP contribution is 2.37. The van der Waals surface area contributed by atoms with Crippen LogP contribution in [0.4, 0.5) is 10.5 Å². The number of nitrogens with zero attached hydrogens (tertiary/aromatic N) is 1. The Kier molecular flexibility index (Phi) is 4.63. The summed E-state index contributed by atoms with van der Waals surface area (Å²) in [5, 5.41) is 12.6. The highest BCUT2D eigenvalue weighted by Gasteiger charge is 2.37. The van der Waals surface area contributed by atoms with Crippen molar-refractivity contribution in [2.45, 2.75) is 0 Å². The summed E-state index contributed by atoms with van der Waals surface area (Å²) in [6.07, 6.45) is 1.19. The Morgan fingerprint density at radius 1 is 1.14 bits per heavy atom. The van der Waals surface area contributed by atoms with Gasteiger partial charge in [0.2, 0.25) is 6.79 Å². The average Bonchev–Trinajstić information content (AvgIpc) is 3.10. The van der Waals surface area contributed by atoms with Gasteiger partial charge in [0.25, 0.3) is 11.8 Å². The smallest absolute Gasteiger partial charge is 0.335 e. The zero-order valence-electron chi connectivity index (χ0n) is 13.9. The van der Waals surface area contributed by atoms with Crippen LogP contribution in [0, 0.1) is 3.57 Å². The molecule has 2 aliphatic rings. The van der Waals surface area contributed by atoms with Crippen molar-refractivity contribution in [3.05, 3.63) is 50.1 Å². The summed E-state index contributed by atoms with van der Waals surface area (Å²) in [5.41, 5.74) is 0.0519. The molecular formula is C18H10ClIN2O6. The molecule has 2 heterocycles. The average molecular weight is 513 g/mol. The molecule has 0 aliphatic carbocycles. The number of carbonyl (C=O) groups excluding carboxylic acids is 3. The van der Waals surface area contributed by atoms with Crippen LogP contribution in [0.5, 0.6) is 17.2 Å². The fourth-order valence-corrected chi connectivity index (χ4v) is 3.83. The summed E-state index contributed by atoms with van der Waals surface area (Å²) in [6, 6.07) is 6.57. The van der Waals surface area contributed by atoms with Gasteiger partial charge in [0.1, 0.15) is 11.3 Å². The number of phenols is 1. The van der Waals surface area contributed by atoms with E-state index in [4.69, 9.17) is 21.1 Å². The molecule has 142 valence electrons. The first-order valence-electron chi connectivity index (χ1n) is 7.84. The van der Waals surface area contributed by atoms with Crippen LogP contribution >= 0.6 is 34.2 Å². The van der Waals surface area contributed by atoms with E-state index in [2.05, 4.69) is 5.32 Å². The van der Waals surface area contributed by atoms with Gasteiger partial charge in [-0.2, -0.15) is 0 Å². The Morgan fingerprint density at radius 2 is 1.89 bits per heavy atom. The maximum absolute atomic E-state index is 12.9. The SMILES string of the molecule is O=C1NC(=O)N(c2ccc3c(c2)OCO3)C(=O)/C1=C/c1cc(Cl)cc(I)c1O. The van der Waals surface area contributed by atoms with E-state index in [-0.39, 0.29) is 29.4 Å². The van der Waals surface area contributed by atoms with E-state index in [1.165, 1.54) is 30.3 Å². The number of benzene rings is 2. The predicted octanol–water partition coefficient (Wildman–Crippen LogP) is 3.05. The van der Waals surface area contributed by atoms with Crippen molar-refractivity contribution in [1.29, 1.82) is 0 Å². The number of hydrogen-bond acceptors (Lipinski definition) is 6. The highest BCUT2D eigenvalue weighted by atomic mass is 127. The number of fused-ring (bicyclic) bond motifs is 1. The number of halogens is 2. The third kappa shape index (κ3) is 3.16. The molecular weight excluding hydrogens is 503 g/mol. The van der Waals surface area contributed by atoms with Gasteiger partial charge >= 0.3 is 6.03 Å². The monoisotopic (exact) mass is 512 g/mol. The summed E-state index contributed by atoms with van der Waals surface area (Å²) >= 11 is 7.87. The van der Waals surface area contributed by atoms with Crippen LogP contribution in [0.25, 0.3) is 6.08 Å². The van der Waals surface area contributed by atoms with Gasteiger partial charge < -0.3 is 14.6 Å². The Hall–Kier alpha value is -2.79. The molecule has 2 aromatic rings. The summed E-state index contributed by atoms with van der Waals surface area (Å²) in [6.45, 7) is 0.0370. The molecule has 0 spiro atoms. The molecule has 0 radical (unpaired) electrons. The van der Waals surface area contributed by atoms with E-state index in [9.17, 15) is 19.5 Å². The van der Waals surface area contributed by atoms with Crippen molar-refractivity contribution in [3.8, 4) is 17.2 Å². The number of phenolic OH excluding ortho intramolecular Hbond substituents is 1. The van der Waals surface area contributed by atoms with Gasteiger partial charge in [-0.05, 0) is 52.9 Å². The second kappa shape index (κ2) is 6.99. The Bertz CT molecular complexity index is 1080. The van der Waals surface area contributed by atoms with Crippen LogP contribution in [0.15, 0.2) is 35.9 Å². The summed E-state index contributed by atoms with van der Waals surface area (Å²) in [5.74, 6) is -0.991. The molecule has 4 rings (SSSR count). The van der Waals surface area contributed by atoms with Crippen LogP contribution in [-0.2, 0) is 9.59 Å². The number of aromatic hydroxyl groups is 1. The van der Waals surface area contributed by atoms with Crippen LogP contribution in [0.3, 0.4) is 0 Å². The molecule has 2 N–H and O–H groups in total. The molecule has 2 aliphatic heterocycles. The predicted molar refractivity (Wildman–Crippen MR) is 107 cm³/mol. The van der Waals surface area contributed by atoms with Gasteiger partial charge in [-0.25, -0.2) is 9.69 Å². The minimum Gasteiger partial charge on any atom is -0.506 e. The molecule has 4 amide bonds. The van der Waals surface area contributed by atoms with Gasteiger partial charge in [-0.3, -0.25) is 14.9 Å². The van der Waals surface area contributed by atoms with Crippen LogP contribution in [-0.4, -0.2) is 29.7 Å². The van der Waals surface area contributed by atoms with Crippen LogP contribution in [0.2, 0.25) is 5.02 Å². The first-order chi connectivity index (χ1) is 13.3. The maximum Gasteiger partial charge on any atom is 0.335 e. The quantitative estimate of drug-likeness (QED) is 0.364. The number of urea groups is 1. The van der Waals surface area contributed by atoms with Crippen LogP contribution < -0.4 is 19.7 Å². The summed E-state index contributed by atoms with van der Waals surface area (Å²) in [4.78, 5) is 38.3. The molecule has 1 saturated heterocycles. The number of amides is 4. The summed E-state index contributed by atoms with van der Waals surface area (Å²) in [7, 11) is 0. The second-order valence-electron chi connectivity index (χ2n) is 5.82. The van der Waals surface area contributed by atoms with E-state index >= 15 is 0 Å². The number of rotatable bonds is 2. The number of carbonyl (C=O) groups is 3. The largest absolute Gasteiger partial charge is 0.506 e. The van der Waals surface area contributed by atoms with E-state index in [1.54, 1.807) is 6.07 Å². The molecule has 0 saturated carbocycles. The van der Waals surface area contributed by atoms with Gasteiger partial charge in [-0.1, -0.05) is 11.6 Å². The maximum atomic E-state index is 12.9. The van der Waals surface area contributed by atoms with Crippen molar-refractivity contribution in [2.75, 3.05) is 11.7 Å². The lowest BCUT2D eigenvalue weighted by molar-refractivity contribution is -0.122. The molecule has 0 atom stereocenters. The topological polar surface area (TPSA) is 105 Å². The third-order valence-electron chi connectivity index (χ3n) is 4.07. The van der Waals surface area contributed by atoms with Gasteiger partial charge in [0.05, 0.1) is 9.26 Å². The van der Waals surface area contributed by atoms with E-state index in [0.717, 1.165) is 4.90 Å². The van der Waals surface area contributed by atoms with Crippen molar-refractivity contribution in [3.63, 3.8) is 0 Å². The third-order valence-corrected chi connectivity index (χ3v) is 5.11. The standard InChI is InChI=1S/C18H10ClIN2O6/c19-9-3-8(15(23)12(20)5-9)4-11-16(24)21-18(26)22(17(11)25)10-1-2-13-14(6-10)28-7-27-13/h1-6,23H,7H2,(H,21,24,26)/b11-4+. The zero-order chi connectivity index (χ0) is 20.0. The minimum absolute atomic E-state index is 0.0370. The van der Waals surface area contributed by atoms with E-state index in [0.29, 0.717) is 20.1 Å². The number of nitrogens with one attached hydrogen (secondary N) is 1. The molecule has 28 heavy (non-hydrogen) atoms. The highest BCUT2D eigenvalue weighted by molar-refractivity contribution is 14.1. The van der Waals surface area contributed by atoms with Crippen molar-refractivity contribution in [2.24, 2.45) is 0 Å². The second-order valence-corrected chi connectivity index (χ2v) is 7.42. The normalized spacial score (nSPS) is 17.3. The fraction of sp³-hybridized carbons (Fsp3) is 0.0556. The first-order valence-corrected chi connectivity index (χ1v) is 9.30. The zero-order valence-corrected chi connectivity index (χ0v) is 16.8. The summed E-state index contributed by atoms with van der Waals surface area (Å²) < 4.78 is 10.9. The van der Waals surface area contributed by atoms with Gasteiger partial charge in [-0.15, -0.1) is 0 Å². The van der Waals surface area contributed by atoms with Crippen LogP contribution in [0.1, 0.15) is 5.56 Å². The Morgan fingerprint density at radius 3 is 2.68 bits per heavy atom. The van der Waals surface area contributed by atoms with Crippen molar-refractivity contribution >= 4 is 63.8 Å². The minimum atomic E-state index is -0.893. The molecule has 2 aromatic carbocycles. The van der Waals surface area contributed by atoms with Crippen molar-refractivity contribution in [1.82, 2.24) is 5.32 Å². The van der Waals surface area contributed by atoms with Crippen molar-refractivity contribution < 1.29 is 29.0 Å². The molecule has 0 aromatic heterocycles. The lowest BCUT2D eigenvalue weighted by atomic mass is 10.1. The number of ether oxygens (including phenoxy) is 2. The number of hydrogen-bond donors (Lipinski definition) is 2. The molecule has 8 nitrogen and oxygen atoms in total. The molecule has 0 unspecified atom stereocenters. The number of imide groups is 2. The lowest BCUT2D eigenvalue weighted by Gasteiger charge is -2.26. The number of barbiturate groups is 1. The lowest BCUT2D eigenvalue weighted by Crippen LogP contribution is -2.54. The Labute approximate surface area is 176 Å². The van der Waals surface area contributed by atoms with Gasteiger partial charge in [0.15, 0.2) is 11.5 Å². The van der Waals surface area contributed by atoms with Gasteiger partial charge in [0, 0.05) is 16.7 Å². The Balaban J connectivity index is 1.77. The van der Waals surface area contributed by atoms with E-state index in [1.807, 2.05) is 22.6 Å². The molecule has 0 bridgehead atoms. The fourth-order valence-electron chi connectivity index (χ4n) is 2.77. The van der Waals surface area contributed by atoms with E-state index < -0.39 is 17.8 Å². The molecule has 10 heteroatoms. The number of anilines is 1. The molecule has 1 fully saturated rings. The first kappa shape index (κ1) is 18.6.